The summed E-state index contributed by atoms with van der Waals surface area (Å²) in [5, 5.41) is 10.8. The van der Waals surface area contributed by atoms with Crippen molar-refractivity contribution in [1.29, 1.82) is 0 Å². The van der Waals surface area contributed by atoms with Crippen LogP contribution < -0.4 is 0 Å². The maximum Gasteiger partial charge on any atom is 0.226 e. The van der Waals surface area contributed by atoms with Crippen LogP contribution in [0.1, 0.15) is 98.3 Å². The summed E-state index contributed by atoms with van der Waals surface area (Å²) in [6, 6.07) is 0. The lowest BCUT2D eigenvalue weighted by atomic mass is 9.43. The zero-order chi connectivity index (χ0) is 21.3. The van der Waals surface area contributed by atoms with E-state index in [1.165, 1.54) is 51.4 Å². The number of aliphatic hydroxyl groups is 1. The predicted molar refractivity (Wildman–Crippen MR) is 121 cm³/mol. The van der Waals surface area contributed by atoms with E-state index in [1.807, 2.05) is 0 Å². The smallest absolute Gasteiger partial charge is 0.226 e. The molecule has 0 radical (unpaired) electrons. The quantitative estimate of drug-likeness (QED) is 0.632. The Hall–Kier alpha value is -0.570. The summed E-state index contributed by atoms with van der Waals surface area (Å²) in [6.07, 6.45) is 13.3. The third-order valence-corrected chi connectivity index (χ3v) is 11.3. The molecular formula is C27H45NO2. The highest BCUT2D eigenvalue weighted by Gasteiger charge is 2.62. The molecule has 1 aliphatic heterocycles. The van der Waals surface area contributed by atoms with E-state index >= 15 is 0 Å². The number of fused-ring (bicyclic) bond motifs is 5. The Kier molecular flexibility index (Phi) is 5.12. The SMILES string of the molecule is CC[C@]12CC[C@@](C)(O)C[C@H]1CC[C@H]1[C@@H]3CC[C@H](C(=O)N4CC[C@@H](C)C4)[C@@]3(C)CC[C@@H]12. The first-order valence-electron chi connectivity index (χ1n) is 13.2. The molecular weight excluding hydrogens is 370 g/mol. The average molecular weight is 416 g/mol. The second kappa shape index (κ2) is 7.22. The molecule has 1 N–H and O–H groups in total. The van der Waals surface area contributed by atoms with Crippen molar-refractivity contribution in [3.63, 3.8) is 0 Å². The molecule has 5 aliphatic rings. The molecule has 1 saturated heterocycles. The van der Waals surface area contributed by atoms with Crippen molar-refractivity contribution in [3.8, 4) is 0 Å². The molecule has 3 heteroatoms. The fraction of sp³-hybridized carbons (Fsp3) is 0.963. The Bertz CT molecular complexity index is 688. The molecule has 4 aliphatic carbocycles. The molecule has 5 rings (SSSR count). The largest absolute Gasteiger partial charge is 0.390 e. The van der Waals surface area contributed by atoms with Gasteiger partial charge in [-0.3, -0.25) is 4.79 Å². The van der Waals surface area contributed by atoms with Gasteiger partial charge < -0.3 is 10.0 Å². The van der Waals surface area contributed by atoms with Crippen LogP contribution in [-0.2, 0) is 4.79 Å². The molecule has 0 aromatic carbocycles. The van der Waals surface area contributed by atoms with E-state index in [-0.39, 0.29) is 11.3 Å². The minimum absolute atomic E-state index is 0.228. The number of carbonyl (C=O) groups excluding carboxylic acids is 1. The fourth-order valence-electron chi connectivity index (χ4n) is 9.71. The van der Waals surface area contributed by atoms with Crippen molar-refractivity contribution in [2.24, 2.45) is 46.3 Å². The van der Waals surface area contributed by atoms with Gasteiger partial charge in [-0.2, -0.15) is 0 Å². The standard InChI is InChI=1S/C27H45NO2/c1-5-27-14-13-25(3,30)16-19(27)6-7-20-21-8-9-23(26(21,4)12-10-22(20)27)24(29)28-15-11-18(2)17-28/h18-23,30H,5-17H2,1-4H3/t18-,19-,20+,21+,22+,23-,25-,26+,27+/m1/s1. The summed E-state index contributed by atoms with van der Waals surface area (Å²) in [6.45, 7) is 11.3. The van der Waals surface area contributed by atoms with Crippen molar-refractivity contribution >= 4 is 5.91 Å². The molecule has 3 nitrogen and oxygen atoms in total. The maximum absolute atomic E-state index is 13.5. The molecule has 0 bridgehead atoms. The van der Waals surface area contributed by atoms with E-state index < -0.39 is 5.60 Å². The van der Waals surface area contributed by atoms with Crippen LogP contribution in [0.15, 0.2) is 0 Å². The van der Waals surface area contributed by atoms with Gasteiger partial charge in [-0.25, -0.2) is 0 Å². The van der Waals surface area contributed by atoms with Crippen LogP contribution >= 0.6 is 0 Å². The summed E-state index contributed by atoms with van der Waals surface area (Å²) >= 11 is 0. The van der Waals surface area contributed by atoms with Gasteiger partial charge in [0.1, 0.15) is 0 Å². The molecule has 5 fully saturated rings. The summed E-state index contributed by atoms with van der Waals surface area (Å²) in [7, 11) is 0. The van der Waals surface area contributed by atoms with Gasteiger partial charge in [0.2, 0.25) is 5.91 Å². The highest BCUT2D eigenvalue weighted by Crippen LogP contribution is 2.69. The minimum Gasteiger partial charge on any atom is -0.390 e. The van der Waals surface area contributed by atoms with Gasteiger partial charge in [-0.15, -0.1) is 0 Å². The first kappa shape index (κ1) is 21.3. The predicted octanol–water partition coefficient (Wildman–Crippen LogP) is 5.65. The van der Waals surface area contributed by atoms with Gasteiger partial charge in [-0.05, 0) is 118 Å². The molecule has 0 spiro atoms. The molecule has 1 heterocycles. The second-order valence-corrected chi connectivity index (χ2v) is 12.8. The number of likely N-dealkylation sites (tertiary alicyclic amines) is 1. The summed E-state index contributed by atoms with van der Waals surface area (Å²) in [5.41, 5.74) is 0.238. The second-order valence-electron chi connectivity index (χ2n) is 12.8. The van der Waals surface area contributed by atoms with Crippen LogP contribution in [0.5, 0.6) is 0 Å². The molecule has 0 aromatic heterocycles. The normalized spacial score (nSPS) is 53.2. The third-order valence-electron chi connectivity index (χ3n) is 11.3. The number of rotatable bonds is 2. The van der Waals surface area contributed by atoms with E-state index in [2.05, 4.69) is 32.6 Å². The molecule has 1 amide bonds. The summed E-state index contributed by atoms with van der Waals surface area (Å²) < 4.78 is 0. The number of carbonyl (C=O) groups is 1. The van der Waals surface area contributed by atoms with Gasteiger partial charge in [0.05, 0.1) is 5.60 Å². The van der Waals surface area contributed by atoms with Crippen molar-refractivity contribution in [2.45, 2.75) is 104 Å². The van der Waals surface area contributed by atoms with E-state index in [1.54, 1.807) is 0 Å². The topological polar surface area (TPSA) is 40.5 Å². The van der Waals surface area contributed by atoms with E-state index in [9.17, 15) is 9.90 Å². The minimum atomic E-state index is -0.447. The van der Waals surface area contributed by atoms with Crippen LogP contribution in [0.3, 0.4) is 0 Å². The average Bonchev–Trinajstić information content (AvgIpc) is 3.29. The first-order chi connectivity index (χ1) is 14.2. The van der Waals surface area contributed by atoms with Gasteiger partial charge >= 0.3 is 0 Å². The summed E-state index contributed by atoms with van der Waals surface area (Å²) in [5.74, 6) is 4.55. The van der Waals surface area contributed by atoms with Crippen LogP contribution in [0.4, 0.5) is 0 Å². The van der Waals surface area contributed by atoms with E-state index in [0.717, 1.165) is 50.1 Å². The maximum atomic E-state index is 13.5. The monoisotopic (exact) mass is 415 g/mol. The molecule has 0 unspecified atom stereocenters. The zero-order valence-electron chi connectivity index (χ0n) is 20.0. The van der Waals surface area contributed by atoms with E-state index in [4.69, 9.17) is 0 Å². The number of hydrogen-bond acceptors (Lipinski definition) is 2. The van der Waals surface area contributed by atoms with Gasteiger partial charge in [0, 0.05) is 19.0 Å². The molecule has 170 valence electrons. The Balaban J connectivity index is 1.38. The van der Waals surface area contributed by atoms with Crippen molar-refractivity contribution in [3.05, 3.63) is 0 Å². The Morgan fingerprint density at radius 3 is 2.50 bits per heavy atom. The molecule has 30 heavy (non-hydrogen) atoms. The first-order valence-corrected chi connectivity index (χ1v) is 13.2. The number of nitrogens with zero attached hydrogens (tertiary/aromatic N) is 1. The van der Waals surface area contributed by atoms with E-state index in [0.29, 0.717) is 23.2 Å². The highest BCUT2D eigenvalue weighted by atomic mass is 16.3. The Morgan fingerprint density at radius 1 is 1.00 bits per heavy atom. The number of amides is 1. The molecule has 4 saturated carbocycles. The van der Waals surface area contributed by atoms with Gasteiger partial charge in [-0.1, -0.05) is 20.8 Å². The van der Waals surface area contributed by atoms with Crippen molar-refractivity contribution in [2.75, 3.05) is 13.1 Å². The highest BCUT2D eigenvalue weighted by molar-refractivity contribution is 5.80. The lowest BCUT2D eigenvalue weighted by Gasteiger charge is -2.63. The Labute approximate surface area is 184 Å². The summed E-state index contributed by atoms with van der Waals surface area (Å²) in [4.78, 5) is 15.7. The molecule has 0 aromatic rings. The van der Waals surface area contributed by atoms with Crippen LogP contribution in [0.2, 0.25) is 0 Å². The molecule has 9 atom stereocenters. The van der Waals surface area contributed by atoms with Gasteiger partial charge in [0.15, 0.2) is 0 Å². The van der Waals surface area contributed by atoms with Crippen LogP contribution in [0.25, 0.3) is 0 Å². The number of hydrogen-bond donors (Lipinski definition) is 1. The van der Waals surface area contributed by atoms with Crippen molar-refractivity contribution in [1.82, 2.24) is 4.90 Å². The Morgan fingerprint density at radius 2 is 1.80 bits per heavy atom. The lowest BCUT2D eigenvalue weighted by Crippen LogP contribution is -2.57. The van der Waals surface area contributed by atoms with Crippen molar-refractivity contribution < 1.29 is 9.90 Å². The van der Waals surface area contributed by atoms with Gasteiger partial charge in [0.25, 0.3) is 0 Å². The zero-order valence-corrected chi connectivity index (χ0v) is 20.0. The third kappa shape index (κ3) is 3.04. The lowest BCUT2D eigenvalue weighted by molar-refractivity contribution is -0.161. The van der Waals surface area contributed by atoms with Crippen LogP contribution in [0, 0.1) is 46.3 Å². The van der Waals surface area contributed by atoms with Crippen LogP contribution in [-0.4, -0.2) is 34.6 Å². The fourth-order valence-corrected chi connectivity index (χ4v) is 9.71.